The van der Waals surface area contributed by atoms with Crippen LogP contribution in [0.5, 0.6) is 11.5 Å². The van der Waals surface area contributed by atoms with Crippen LogP contribution in [-0.4, -0.2) is 88.6 Å². The van der Waals surface area contributed by atoms with Crippen LogP contribution in [-0.2, 0) is 23.4 Å². The highest BCUT2D eigenvalue weighted by Crippen LogP contribution is 2.41. The number of rotatable bonds is 10. The second-order valence-corrected chi connectivity index (χ2v) is 16.7. The first kappa shape index (κ1) is 46.7. The molecule has 0 saturated carbocycles. The number of ether oxygens (including phenoxy) is 2. The Labute approximate surface area is 355 Å². The summed E-state index contributed by atoms with van der Waals surface area (Å²) < 4.78 is 90.1. The number of likely N-dealkylation sites (N-methyl/N-ethyl adjacent to an activating group) is 2. The van der Waals surface area contributed by atoms with E-state index in [0.29, 0.717) is 13.1 Å². The van der Waals surface area contributed by atoms with Gasteiger partial charge in [0.25, 0.3) is 11.8 Å². The van der Waals surface area contributed by atoms with Crippen molar-refractivity contribution in [2.75, 3.05) is 67.0 Å². The minimum Gasteiger partial charge on any atom is -0.496 e. The van der Waals surface area contributed by atoms with Crippen molar-refractivity contribution < 1.29 is 45.4 Å². The van der Waals surface area contributed by atoms with Crippen LogP contribution in [0.3, 0.4) is 0 Å². The third-order valence-corrected chi connectivity index (χ3v) is 12.4. The zero-order valence-electron chi connectivity index (χ0n) is 34.4. The molecule has 0 aliphatic carbocycles. The highest BCUT2D eigenvalue weighted by atomic mass is 32.2. The van der Waals surface area contributed by atoms with Gasteiger partial charge in [-0.1, -0.05) is 60.7 Å². The van der Waals surface area contributed by atoms with Crippen molar-refractivity contribution in [1.29, 1.82) is 0 Å². The van der Waals surface area contributed by atoms with Crippen LogP contribution < -0.4 is 20.1 Å². The minimum atomic E-state index is -4.52. The Morgan fingerprint density at radius 3 is 1.25 bits per heavy atom. The van der Waals surface area contributed by atoms with E-state index in [9.17, 15) is 35.9 Å². The maximum absolute atomic E-state index is 13.4. The summed E-state index contributed by atoms with van der Waals surface area (Å²) in [6, 6.07) is 23.2. The number of thioether (sulfide) groups is 2. The van der Waals surface area contributed by atoms with E-state index in [4.69, 9.17) is 9.47 Å². The average Bonchev–Trinajstić information content (AvgIpc) is 3.22. The van der Waals surface area contributed by atoms with Gasteiger partial charge in [0.2, 0.25) is 0 Å². The highest BCUT2D eigenvalue weighted by Gasteiger charge is 2.41. The first-order valence-corrected chi connectivity index (χ1v) is 21.6. The molecular weight excluding hydrogens is 827 g/mol. The van der Waals surface area contributed by atoms with Crippen molar-refractivity contribution in [2.24, 2.45) is 0 Å². The molecule has 2 saturated heterocycles. The summed E-state index contributed by atoms with van der Waals surface area (Å²) >= 11 is 2.18. The maximum atomic E-state index is 13.4. The number of carbonyl (C=O) groups is 2. The van der Waals surface area contributed by atoms with Crippen molar-refractivity contribution >= 4 is 35.3 Å². The van der Waals surface area contributed by atoms with Crippen molar-refractivity contribution in [3.8, 4) is 11.5 Å². The zero-order valence-corrected chi connectivity index (χ0v) is 36.0. The Morgan fingerprint density at radius 1 is 0.617 bits per heavy atom. The molecule has 2 N–H and O–H groups in total. The first-order valence-electron chi connectivity index (χ1n) is 19.2. The summed E-state index contributed by atoms with van der Waals surface area (Å²) in [6.45, 7) is 3.06. The molecule has 324 valence electrons. The standard InChI is InChI=1S/2C22H25F3N2O2S/c2*1-27-11-7-10-21(14-27,15-8-5-4-6-9-15)26-20(28)19-17(29-2)12-16(22(23,24)25)13-18(19)30-3/h2*4-6,8-9,12-13H,7,10-11,14H2,1-3H3,(H,26,28)/t2*21-/m10/s1. The van der Waals surface area contributed by atoms with Gasteiger partial charge in [-0.15, -0.1) is 23.5 Å². The second-order valence-electron chi connectivity index (χ2n) is 15.0. The molecule has 4 aromatic rings. The van der Waals surface area contributed by atoms with Crippen molar-refractivity contribution in [3.05, 3.63) is 118 Å². The van der Waals surface area contributed by atoms with Gasteiger partial charge >= 0.3 is 12.4 Å². The molecule has 2 heterocycles. The summed E-state index contributed by atoms with van der Waals surface area (Å²) in [4.78, 5) is 31.6. The van der Waals surface area contributed by atoms with Crippen LogP contribution in [0.15, 0.2) is 94.7 Å². The van der Waals surface area contributed by atoms with E-state index >= 15 is 0 Å². The molecule has 2 amide bonds. The lowest BCUT2D eigenvalue weighted by Crippen LogP contribution is -2.55. The zero-order chi connectivity index (χ0) is 43.9. The molecule has 2 aliphatic rings. The smallest absolute Gasteiger partial charge is 0.416 e. The highest BCUT2D eigenvalue weighted by molar-refractivity contribution is 7.99. The number of halogens is 6. The minimum absolute atomic E-state index is 0.0842. The van der Waals surface area contributed by atoms with Gasteiger partial charge in [0.15, 0.2) is 0 Å². The van der Waals surface area contributed by atoms with Crippen molar-refractivity contribution in [1.82, 2.24) is 20.4 Å². The summed E-state index contributed by atoms with van der Waals surface area (Å²) in [5.41, 5.74) is -0.736. The molecule has 2 atom stereocenters. The number of nitrogens with zero attached hydrogens (tertiary/aromatic N) is 2. The SMILES string of the molecule is COc1cc(C(F)(F)F)cc(SC)c1C(=O)N[C@@]1(c2ccccc2)CCCN(C)C1.COc1cc(C(F)(F)F)cc(SC)c1C(=O)N[C@]1(c2ccccc2)CCCN(C)C1. The monoisotopic (exact) mass is 876 g/mol. The topological polar surface area (TPSA) is 83.1 Å². The molecule has 0 bridgehead atoms. The molecule has 0 aromatic heterocycles. The number of nitrogens with one attached hydrogen (secondary N) is 2. The third-order valence-electron chi connectivity index (χ3n) is 10.8. The van der Waals surface area contributed by atoms with Gasteiger partial charge < -0.3 is 29.9 Å². The van der Waals surface area contributed by atoms with E-state index < -0.39 is 46.4 Å². The predicted octanol–water partition coefficient (Wildman–Crippen LogP) is 9.57. The van der Waals surface area contributed by atoms with Gasteiger partial charge in [0.1, 0.15) is 11.5 Å². The Kier molecular flexibility index (Phi) is 15.2. The molecular formula is C44H50F6N4O4S2. The Hall–Kier alpha value is -4.38. The van der Waals surface area contributed by atoms with E-state index in [1.54, 1.807) is 12.5 Å². The number of benzene rings is 4. The molecule has 60 heavy (non-hydrogen) atoms. The predicted molar refractivity (Wildman–Crippen MR) is 224 cm³/mol. The van der Waals surface area contributed by atoms with E-state index in [1.807, 2.05) is 74.8 Å². The van der Waals surface area contributed by atoms with Crippen LogP contribution in [0.1, 0.15) is 68.7 Å². The van der Waals surface area contributed by atoms with Crippen LogP contribution in [0.4, 0.5) is 26.3 Å². The largest absolute Gasteiger partial charge is 0.496 e. The van der Waals surface area contributed by atoms with E-state index in [-0.39, 0.29) is 32.4 Å². The van der Waals surface area contributed by atoms with Crippen LogP contribution >= 0.6 is 23.5 Å². The number of alkyl halides is 6. The Balaban J connectivity index is 0.000000228. The number of carbonyl (C=O) groups excluding carboxylic acids is 2. The van der Waals surface area contributed by atoms with Crippen molar-refractivity contribution in [3.63, 3.8) is 0 Å². The third kappa shape index (κ3) is 10.7. The van der Waals surface area contributed by atoms with E-state index in [2.05, 4.69) is 20.4 Å². The number of hydrogen-bond donors (Lipinski definition) is 2. The number of methoxy groups -OCH3 is 2. The molecule has 8 nitrogen and oxygen atoms in total. The van der Waals surface area contributed by atoms with Crippen LogP contribution in [0, 0.1) is 0 Å². The number of piperidine rings is 2. The Bertz CT molecular complexity index is 1910. The van der Waals surface area contributed by atoms with Gasteiger partial charge in [-0.05, 0) is 101 Å². The lowest BCUT2D eigenvalue weighted by Gasteiger charge is -2.42. The summed E-state index contributed by atoms with van der Waals surface area (Å²) in [5.74, 6) is -1.05. The molecule has 0 radical (unpaired) electrons. The van der Waals surface area contributed by atoms with Gasteiger partial charge in [-0.3, -0.25) is 9.59 Å². The fraction of sp³-hybridized carbons (Fsp3) is 0.409. The Morgan fingerprint density at radius 2 is 0.967 bits per heavy atom. The van der Waals surface area contributed by atoms with Gasteiger partial charge in [0.05, 0.1) is 47.6 Å². The molecule has 0 spiro atoms. The van der Waals surface area contributed by atoms with Crippen LogP contribution in [0.2, 0.25) is 0 Å². The number of hydrogen-bond acceptors (Lipinski definition) is 8. The van der Waals surface area contributed by atoms with E-state index in [1.165, 1.54) is 14.2 Å². The summed E-state index contributed by atoms with van der Waals surface area (Å²) in [5, 5.41) is 6.30. The van der Waals surface area contributed by atoms with Crippen LogP contribution in [0.25, 0.3) is 0 Å². The second kappa shape index (κ2) is 19.6. The summed E-state index contributed by atoms with van der Waals surface area (Å²) in [6.07, 6.45) is -2.49. The quantitative estimate of drug-likeness (QED) is 0.121. The molecule has 6 rings (SSSR count). The van der Waals surface area contributed by atoms with Gasteiger partial charge in [0, 0.05) is 22.9 Å². The molecule has 16 heteroatoms. The first-order chi connectivity index (χ1) is 28.4. The van der Waals surface area contributed by atoms with Crippen molar-refractivity contribution in [2.45, 2.75) is 58.9 Å². The normalized spacial score (nSPS) is 20.1. The van der Waals surface area contributed by atoms with Gasteiger partial charge in [-0.2, -0.15) is 26.3 Å². The average molecular weight is 877 g/mol. The lowest BCUT2D eigenvalue weighted by atomic mass is 9.82. The molecule has 2 fully saturated rings. The molecule has 2 aliphatic heterocycles. The lowest BCUT2D eigenvalue weighted by molar-refractivity contribution is -0.138. The fourth-order valence-corrected chi connectivity index (χ4v) is 9.32. The number of amides is 2. The molecule has 4 aromatic carbocycles. The summed E-state index contributed by atoms with van der Waals surface area (Å²) in [7, 11) is 6.54. The van der Waals surface area contributed by atoms with Gasteiger partial charge in [-0.25, -0.2) is 0 Å². The number of likely N-dealkylation sites (tertiary alicyclic amines) is 2. The fourth-order valence-electron chi connectivity index (χ4n) is 8.03. The van der Waals surface area contributed by atoms with E-state index in [0.717, 1.165) is 97.7 Å². The molecule has 0 unspecified atom stereocenters. The maximum Gasteiger partial charge on any atom is 0.416 e.